The zero-order valence-electron chi connectivity index (χ0n) is 11.2. The summed E-state index contributed by atoms with van der Waals surface area (Å²) in [5.74, 6) is 0.916. The zero-order chi connectivity index (χ0) is 13.8. The summed E-state index contributed by atoms with van der Waals surface area (Å²) in [5.41, 5.74) is 2.61. The molecular formula is C14H17N5O. The lowest BCUT2D eigenvalue weighted by molar-refractivity contribution is -0.124. The maximum Gasteiger partial charge on any atom is 0.223 e. The van der Waals surface area contributed by atoms with Crippen LogP contribution in [0.15, 0.2) is 24.3 Å². The molecule has 2 N–H and O–H groups in total. The number of rotatable bonds is 5. The van der Waals surface area contributed by atoms with Crippen LogP contribution in [0.2, 0.25) is 0 Å². The van der Waals surface area contributed by atoms with Crippen molar-refractivity contribution in [1.82, 2.24) is 25.9 Å². The molecule has 0 fully saturated rings. The van der Waals surface area contributed by atoms with Gasteiger partial charge in [0.25, 0.3) is 0 Å². The van der Waals surface area contributed by atoms with Gasteiger partial charge in [-0.15, -0.1) is 10.2 Å². The molecule has 1 heterocycles. The fraction of sp³-hybridized carbons (Fsp3) is 0.429. The summed E-state index contributed by atoms with van der Waals surface area (Å²) in [7, 11) is 0. The summed E-state index contributed by atoms with van der Waals surface area (Å²) in [6.45, 7) is 0.653. The molecule has 0 aliphatic heterocycles. The van der Waals surface area contributed by atoms with Crippen molar-refractivity contribution < 1.29 is 4.79 Å². The topological polar surface area (TPSA) is 83.6 Å². The van der Waals surface area contributed by atoms with Crippen LogP contribution in [0.5, 0.6) is 0 Å². The third-order valence-corrected chi connectivity index (χ3v) is 3.69. The van der Waals surface area contributed by atoms with Crippen LogP contribution in [0.1, 0.15) is 23.4 Å². The van der Waals surface area contributed by atoms with Crippen molar-refractivity contribution >= 4 is 5.91 Å². The highest BCUT2D eigenvalue weighted by Gasteiger charge is 2.26. The quantitative estimate of drug-likeness (QED) is 0.783. The Morgan fingerprint density at radius 2 is 2.05 bits per heavy atom. The van der Waals surface area contributed by atoms with Crippen LogP contribution in [0.4, 0.5) is 0 Å². The first-order valence-corrected chi connectivity index (χ1v) is 6.90. The van der Waals surface area contributed by atoms with Gasteiger partial charge in [0.2, 0.25) is 5.91 Å². The van der Waals surface area contributed by atoms with Crippen LogP contribution in [-0.4, -0.2) is 33.1 Å². The number of carbonyl (C=O) groups is 1. The Morgan fingerprint density at radius 1 is 1.30 bits per heavy atom. The molecule has 0 spiro atoms. The van der Waals surface area contributed by atoms with Crippen LogP contribution in [0, 0.1) is 5.92 Å². The number of H-pyrrole nitrogens is 1. The Bertz CT molecular complexity index is 556. The van der Waals surface area contributed by atoms with E-state index in [2.05, 4.69) is 38.1 Å². The highest BCUT2D eigenvalue weighted by Crippen LogP contribution is 2.26. The van der Waals surface area contributed by atoms with Gasteiger partial charge in [0.1, 0.15) is 0 Å². The molecule has 1 aliphatic carbocycles. The standard InChI is InChI=1S/C14H17N5O/c20-14(15-7-3-6-13-16-18-19-17-13)12-8-10-4-1-2-5-11(10)9-12/h1-2,4-5,12H,3,6-9H2,(H,15,20)(H,16,17,18,19). The smallest absolute Gasteiger partial charge is 0.223 e. The number of aromatic nitrogens is 4. The third kappa shape index (κ3) is 2.84. The van der Waals surface area contributed by atoms with Gasteiger partial charge in [0.15, 0.2) is 5.82 Å². The minimum absolute atomic E-state index is 0.0811. The molecule has 0 bridgehead atoms. The molecule has 6 heteroatoms. The normalized spacial score (nSPS) is 14.2. The van der Waals surface area contributed by atoms with Gasteiger partial charge in [0, 0.05) is 18.9 Å². The Kier molecular flexibility index (Phi) is 3.71. The molecule has 1 aromatic carbocycles. The fourth-order valence-electron chi connectivity index (χ4n) is 2.64. The van der Waals surface area contributed by atoms with E-state index in [9.17, 15) is 4.79 Å². The zero-order valence-corrected chi connectivity index (χ0v) is 11.2. The van der Waals surface area contributed by atoms with E-state index in [0.29, 0.717) is 12.4 Å². The molecule has 1 amide bonds. The molecule has 20 heavy (non-hydrogen) atoms. The number of nitrogens with one attached hydrogen (secondary N) is 2. The minimum Gasteiger partial charge on any atom is -0.356 e. The Morgan fingerprint density at radius 3 is 2.70 bits per heavy atom. The minimum atomic E-state index is 0.0811. The Balaban J connectivity index is 1.42. The van der Waals surface area contributed by atoms with Gasteiger partial charge >= 0.3 is 0 Å². The molecule has 0 saturated heterocycles. The van der Waals surface area contributed by atoms with Crippen molar-refractivity contribution in [2.45, 2.75) is 25.7 Å². The van der Waals surface area contributed by atoms with E-state index in [0.717, 1.165) is 25.7 Å². The molecule has 0 unspecified atom stereocenters. The van der Waals surface area contributed by atoms with Gasteiger partial charge in [-0.1, -0.05) is 29.5 Å². The van der Waals surface area contributed by atoms with Crippen LogP contribution >= 0.6 is 0 Å². The van der Waals surface area contributed by atoms with Crippen molar-refractivity contribution in [3.8, 4) is 0 Å². The molecule has 3 rings (SSSR count). The number of carbonyl (C=O) groups excluding carboxylic acids is 1. The van der Waals surface area contributed by atoms with Gasteiger partial charge in [-0.25, -0.2) is 0 Å². The van der Waals surface area contributed by atoms with E-state index in [1.165, 1.54) is 11.1 Å². The number of fused-ring (bicyclic) bond motifs is 1. The molecule has 1 aliphatic rings. The van der Waals surface area contributed by atoms with Crippen molar-refractivity contribution in [2.75, 3.05) is 6.54 Å². The van der Waals surface area contributed by atoms with E-state index < -0.39 is 0 Å². The average Bonchev–Trinajstić information content (AvgIpc) is 3.12. The molecule has 1 aromatic heterocycles. The monoisotopic (exact) mass is 271 g/mol. The Hall–Kier alpha value is -2.24. The lowest BCUT2D eigenvalue weighted by atomic mass is 10.1. The summed E-state index contributed by atoms with van der Waals surface area (Å²) in [6.07, 6.45) is 3.26. The maximum absolute atomic E-state index is 12.1. The summed E-state index contributed by atoms with van der Waals surface area (Å²) >= 11 is 0. The summed E-state index contributed by atoms with van der Waals surface area (Å²) in [5, 5.41) is 16.7. The van der Waals surface area contributed by atoms with Crippen LogP contribution < -0.4 is 5.32 Å². The number of benzene rings is 1. The first-order chi connectivity index (χ1) is 9.83. The van der Waals surface area contributed by atoms with E-state index in [1.807, 2.05) is 12.1 Å². The molecule has 0 atom stereocenters. The molecule has 104 valence electrons. The summed E-state index contributed by atoms with van der Waals surface area (Å²) in [6, 6.07) is 8.28. The molecule has 0 saturated carbocycles. The van der Waals surface area contributed by atoms with E-state index in [4.69, 9.17) is 0 Å². The number of aromatic amines is 1. The second kappa shape index (κ2) is 5.81. The summed E-state index contributed by atoms with van der Waals surface area (Å²) in [4.78, 5) is 12.1. The summed E-state index contributed by atoms with van der Waals surface area (Å²) < 4.78 is 0. The number of hydrogen-bond acceptors (Lipinski definition) is 4. The highest BCUT2D eigenvalue weighted by molar-refractivity contribution is 5.80. The molecular weight excluding hydrogens is 254 g/mol. The van der Waals surface area contributed by atoms with Gasteiger partial charge in [-0.2, -0.15) is 5.21 Å². The van der Waals surface area contributed by atoms with Crippen LogP contribution in [-0.2, 0) is 24.1 Å². The lowest BCUT2D eigenvalue weighted by Gasteiger charge is -2.09. The first kappa shape index (κ1) is 12.8. The van der Waals surface area contributed by atoms with Crippen LogP contribution in [0.3, 0.4) is 0 Å². The molecule has 0 radical (unpaired) electrons. The van der Waals surface area contributed by atoms with Gasteiger partial charge < -0.3 is 5.32 Å². The lowest BCUT2D eigenvalue weighted by Crippen LogP contribution is -2.32. The SMILES string of the molecule is O=C(NCCCc1nn[nH]n1)C1Cc2ccccc2C1. The van der Waals surface area contributed by atoms with Crippen molar-refractivity contribution in [2.24, 2.45) is 5.92 Å². The van der Waals surface area contributed by atoms with Crippen molar-refractivity contribution in [1.29, 1.82) is 0 Å². The second-order valence-corrected chi connectivity index (χ2v) is 5.10. The molecule has 2 aromatic rings. The second-order valence-electron chi connectivity index (χ2n) is 5.10. The van der Waals surface area contributed by atoms with Gasteiger partial charge in [-0.3, -0.25) is 4.79 Å². The first-order valence-electron chi connectivity index (χ1n) is 6.90. The molecule has 6 nitrogen and oxygen atoms in total. The van der Waals surface area contributed by atoms with E-state index in [-0.39, 0.29) is 11.8 Å². The number of nitrogens with zero attached hydrogens (tertiary/aromatic N) is 3. The average molecular weight is 271 g/mol. The number of aryl methyl sites for hydroxylation is 1. The highest BCUT2D eigenvalue weighted by atomic mass is 16.1. The fourth-order valence-corrected chi connectivity index (χ4v) is 2.64. The van der Waals surface area contributed by atoms with Gasteiger partial charge in [0.05, 0.1) is 0 Å². The van der Waals surface area contributed by atoms with Crippen molar-refractivity contribution in [3.05, 3.63) is 41.2 Å². The predicted octanol–water partition coefficient (Wildman–Crippen LogP) is 0.663. The number of hydrogen-bond donors (Lipinski definition) is 2. The Labute approximate surface area is 117 Å². The predicted molar refractivity (Wildman–Crippen MR) is 72.8 cm³/mol. The van der Waals surface area contributed by atoms with Crippen LogP contribution in [0.25, 0.3) is 0 Å². The van der Waals surface area contributed by atoms with Gasteiger partial charge in [-0.05, 0) is 30.4 Å². The maximum atomic E-state index is 12.1. The largest absolute Gasteiger partial charge is 0.356 e. The van der Waals surface area contributed by atoms with Crippen molar-refractivity contribution in [3.63, 3.8) is 0 Å². The number of amides is 1. The van der Waals surface area contributed by atoms with E-state index >= 15 is 0 Å². The third-order valence-electron chi connectivity index (χ3n) is 3.69. The van der Waals surface area contributed by atoms with E-state index in [1.54, 1.807) is 0 Å². The number of tetrazole rings is 1.